The molecule has 3 aromatic rings. The van der Waals surface area contributed by atoms with E-state index in [1.165, 1.54) is 4.90 Å². The minimum atomic E-state index is -4.60. The topological polar surface area (TPSA) is 87.3 Å². The fourth-order valence-corrected chi connectivity index (χ4v) is 5.85. The number of ether oxygens (including phenoxy) is 1. The van der Waals surface area contributed by atoms with Crippen LogP contribution in [0.25, 0.3) is 0 Å². The first-order valence-electron chi connectivity index (χ1n) is 12.8. The molecule has 202 valence electrons. The molecule has 0 N–H and O–H groups in total. The number of aryl methyl sites for hydroxylation is 1. The summed E-state index contributed by atoms with van der Waals surface area (Å²) in [7, 11) is 1.87. The summed E-state index contributed by atoms with van der Waals surface area (Å²) in [4.78, 5) is 17.0. The van der Waals surface area contributed by atoms with Crippen molar-refractivity contribution in [3.63, 3.8) is 0 Å². The van der Waals surface area contributed by atoms with Crippen molar-refractivity contribution >= 4 is 11.6 Å². The lowest BCUT2D eigenvalue weighted by Gasteiger charge is -2.42. The molecule has 0 aliphatic carbocycles. The van der Waals surface area contributed by atoms with Crippen molar-refractivity contribution in [2.24, 2.45) is 13.0 Å². The number of nitrogens with zero attached hydrogens (tertiary/aromatic N) is 6. The number of amides is 1. The Morgan fingerprint density at radius 3 is 2.69 bits per heavy atom. The van der Waals surface area contributed by atoms with Gasteiger partial charge in [0, 0.05) is 43.2 Å². The van der Waals surface area contributed by atoms with Crippen molar-refractivity contribution in [3.05, 3.63) is 76.4 Å². The lowest BCUT2D eigenvalue weighted by atomic mass is 9.75. The zero-order valence-corrected chi connectivity index (χ0v) is 21.4. The molecule has 6 rings (SSSR count). The highest BCUT2D eigenvalue weighted by molar-refractivity contribution is 6.10. The maximum Gasteiger partial charge on any atom is 0.416 e. The molecular weight excluding hydrogens is 509 g/mol. The van der Waals surface area contributed by atoms with E-state index in [0.29, 0.717) is 50.4 Å². The highest BCUT2D eigenvalue weighted by Gasteiger charge is 2.43. The van der Waals surface area contributed by atoms with E-state index in [4.69, 9.17) is 4.74 Å². The van der Waals surface area contributed by atoms with Crippen molar-refractivity contribution in [2.45, 2.75) is 37.5 Å². The molecule has 3 aliphatic heterocycles. The van der Waals surface area contributed by atoms with Crippen molar-refractivity contribution in [1.29, 1.82) is 5.26 Å². The van der Waals surface area contributed by atoms with Gasteiger partial charge in [-0.05, 0) is 53.9 Å². The van der Waals surface area contributed by atoms with Gasteiger partial charge in [-0.15, -0.1) is 10.2 Å². The molecule has 0 spiro atoms. The van der Waals surface area contributed by atoms with Crippen LogP contribution in [0.5, 0.6) is 0 Å². The number of fused-ring (bicyclic) bond motifs is 1. The first kappa shape index (κ1) is 25.5. The fraction of sp³-hybridized carbons (Fsp3) is 0.429. The van der Waals surface area contributed by atoms with Crippen LogP contribution in [0, 0.1) is 17.2 Å². The van der Waals surface area contributed by atoms with Crippen LogP contribution in [0.2, 0.25) is 0 Å². The van der Waals surface area contributed by atoms with Gasteiger partial charge in [0.15, 0.2) is 0 Å². The molecule has 1 unspecified atom stereocenters. The highest BCUT2D eigenvalue weighted by atomic mass is 19.4. The number of benzene rings is 2. The first-order valence-corrected chi connectivity index (χ1v) is 12.8. The second kappa shape index (κ2) is 9.47. The third kappa shape index (κ3) is 4.57. The number of carbonyl (C=O) groups excluding carboxylic acids is 1. The summed E-state index contributed by atoms with van der Waals surface area (Å²) in [6.07, 6.45) is -1.68. The van der Waals surface area contributed by atoms with Crippen LogP contribution in [0.1, 0.15) is 44.9 Å². The average Bonchev–Trinajstić information content (AvgIpc) is 3.60. The second-order valence-electron chi connectivity index (χ2n) is 10.8. The smallest absolute Gasteiger partial charge is 0.379 e. The molecule has 1 aromatic heterocycles. The number of hydrogen-bond donors (Lipinski definition) is 0. The molecule has 11 heteroatoms. The van der Waals surface area contributed by atoms with Gasteiger partial charge in [-0.2, -0.15) is 18.4 Å². The predicted molar refractivity (Wildman–Crippen MR) is 135 cm³/mol. The number of likely N-dealkylation sites (tertiary alicyclic amines) is 1. The molecular formula is C28H27F3N6O2. The van der Waals surface area contributed by atoms with Gasteiger partial charge in [-0.3, -0.25) is 9.69 Å². The first-order chi connectivity index (χ1) is 18.7. The molecule has 0 saturated carbocycles. The maximum absolute atomic E-state index is 14.2. The third-order valence-electron chi connectivity index (χ3n) is 8.10. The summed E-state index contributed by atoms with van der Waals surface area (Å²) in [6.45, 7) is 2.22. The third-order valence-corrected chi connectivity index (χ3v) is 8.10. The molecule has 2 aromatic carbocycles. The van der Waals surface area contributed by atoms with Crippen molar-refractivity contribution in [1.82, 2.24) is 19.7 Å². The van der Waals surface area contributed by atoms with E-state index >= 15 is 0 Å². The second-order valence-corrected chi connectivity index (χ2v) is 10.8. The van der Waals surface area contributed by atoms with Gasteiger partial charge in [0.25, 0.3) is 5.91 Å². The van der Waals surface area contributed by atoms with E-state index in [2.05, 4.69) is 16.3 Å². The number of anilines is 1. The van der Waals surface area contributed by atoms with E-state index in [-0.39, 0.29) is 35.5 Å². The van der Waals surface area contributed by atoms with Crippen LogP contribution >= 0.6 is 0 Å². The highest BCUT2D eigenvalue weighted by Crippen LogP contribution is 2.42. The Hall–Kier alpha value is -3.75. The minimum Gasteiger partial charge on any atom is -0.379 e. The number of hydrogen-bond acceptors (Lipinski definition) is 6. The number of alkyl halides is 3. The molecule has 1 amide bonds. The fourth-order valence-electron chi connectivity index (χ4n) is 5.85. The Labute approximate surface area is 223 Å². The molecule has 8 nitrogen and oxygen atoms in total. The molecule has 0 bridgehead atoms. The molecule has 39 heavy (non-hydrogen) atoms. The van der Waals surface area contributed by atoms with Crippen LogP contribution in [-0.4, -0.2) is 51.9 Å². The minimum absolute atomic E-state index is 0.00116. The summed E-state index contributed by atoms with van der Waals surface area (Å²) in [5.74, 6) is 0.233. The van der Waals surface area contributed by atoms with Crippen molar-refractivity contribution < 1.29 is 22.7 Å². The van der Waals surface area contributed by atoms with Crippen LogP contribution < -0.4 is 4.90 Å². The SMILES string of the molecule is Cn1cnnc1CC1(c2cccc(N3Cc4c(cc(CN5CCC(C#N)C5)cc4C(F)(F)F)C3=O)c2)COC1. The van der Waals surface area contributed by atoms with Gasteiger partial charge in [-0.25, -0.2) is 0 Å². The maximum atomic E-state index is 14.2. The average molecular weight is 537 g/mol. The lowest BCUT2D eigenvalue weighted by molar-refractivity contribution is -0.138. The van der Waals surface area contributed by atoms with Crippen molar-refractivity contribution in [3.8, 4) is 6.07 Å². The van der Waals surface area contributed by atoms with Gasteiger partial charge in [0.1, 0.15) is 12.2 Å². The van der Waals surface area contributed by atoms with Crippen LogP contribution in [-0.2, 0) is 42.9 Å². The molecule has 2 fully saturated rings. The monoisotopic (exact) mass is 536 g/mol. The van der Waals surface area contributed by atoms with E-state index in [1.807, 2.05) is 34.7 Å². The summed E-state index contributed by atoms with van der Waals surface area (Å²) >= 11 is 0. The van der Waals surface area contributed by atoms with Gasteiger partial charge in [0.05, 0.1) is 37.3 Å². The Morgan fingerprint density at radius 2 is 2.05 bits per heavy atom. The van der Waals surface area contributed by atoms with Gasteiger partial charge in [0.2, 0.25) is 0 Å². The largest absolute Gasteiger partial charge is 0.416 e. The van der Waals surface area contributed by atoms with Crippen LogP contribution in [0.15, 0.2) is 42.7 Å². The normalized spacial score (nSPS) is 20.6. The lowest BCUT2D eigenvalue weighted by Crippen LogP contribution is -2.49. The Kier molecular flexibility index (Phi) is 6.19. The number of rotatable bonds is 6. The molecule has 0 radical (unpaired) electrons. The zero-order valence-electron chi connectivity index (χ0n) is 21.4. The Morgan fingerprint density at radius 1 is 1.23 bits per heavy atom. The number of aromatic nitrogens is 3. The predicted octanol–water partition coefficient (Wildman–Crippen LogP) is 3.85. The number of halogens is 3. The van der Waals surface area contributed by atoms with Crippen LogP contribution in [0.3, 0.4) is 0 Å². The summed E-state index contributed by atoms with van der Waals surface area (Å²) < 4.78 is 50.0. The number of carbonyl (C=O) groups is 1. The molecule has 4 heterocycles. The Balaban J connectivity index is 1.31. The van der Waals surface area contributed by atoms with Gasteiger partial charge >= 0.3 is 6.18 Å². The zero-order chi connectivity index (χ0) is 27.4. The standard InChI is InChI=1S/C28H27F3N6O2/c1-35-17-33-34-25(35)10-27(15-39-16-27)20-3-2-4-21(9-20)37-14-23-22(26(37)38)7-19(8-24(23)28(29,30)31)13-36-6-5-18(11-32)12-36/h2-4,7-9,17-18H,5-6,10,12-16H2,1H3. The van der Waals surface area contributed by atoms with Crippen molar-refractivity contribution in [2.75, 3.05) is 31.2 Å². The van der Waals surface area contributed by atoms with Gasteiger partial charge < -0.3 is 14.2 Å². The van der Waals surface area contributed by atoms with Gasteiger partial charge in [-0.1, -0.05) is 12.1 Å². The summed E-state index contributed by atoms with van der Waals surface area (Å²) in [6, 6.07) is 12.4. The molecule has 2 saturated heterocycles. The van der Waals surface area contributed by atoms with E-state index in [1.54, 1.807) is 18.5 Å². The molecule has 3 aliphatic rings. The molecule has 1 atom stereocenters. The van der Waals surface area contributed by atoms with E-state index in [0.717, 1.165) is 17.5 Å². The van der Waals surface area contributed by atoms with E-state index in [9.17, 15) is 23.2 Å². The summed E-state index contributed by atoms with van der Waals surface area (Å²) in [5, 5.41) is 17.3. The number of nitriles is 1. The Bertz CT molecular complexity index is 1470. The summed E-state index contributed by atoms with van der Waals surface area (Å²) in [5.41, 5.74) is 0.871. The van der Waals surface area contributed by atoms with E-state index < -0.39 is 17.6 Å². The van der Waals surface area contributed by atoms with Crippen LogP contribution in [0.4, 0.5) is 18.9 Å². The quantitative estimate of drug-likeness (QED) is 0.476.